The fraction of sp³-hybridized carbons (Fsp3) is 0.435. The molecule has 2 heterocycles. The molecule has 1 aliphatic rings. The largest absolute Gasteiger partial charge is 0.477 e. The maximum absolute atomic E-state index is 12.7. The van der Waals surface area contributed by atoms with E-state index in [1.165, 1.54) is 11.3 Å². The Morgan fingerprint density at radius 1 is 1.20 bits per heavy atom. The van der Waals surface area contributed by atoms with Gasteiger partial charge in [-0.3, -0.25) is 9.59 Å². The van der Waals surface area contributed by atoms with Crippen molar-refractivity contribution in [3.05, 3.63) is 51.7 Å². The molecule has 1 aromatic carbocycles. The molecule has 0 radical (unpaired) electrons. The van der Waals surface area contributed by atoms with E-state index >= 15 is 0 Å². The van der Waals surface area contributed by atoms with Gasteiger partial charge in [-0.2, -0.15) is 0 Å². The third kappa shape index (κ3) is 4.79. The molecule has 2 atom stereocenters. The molecule has 0 saturated carbocycles. The van der Waals surface area contributed by atoms with Crippen LogP contribution in [0, 0.1) is 0 Å². The average molecular weight is 430 g/mol. The van der Waals surface area contributed by atoms with Crippen LogP contribution >= 0.6 is 11.3 Å². The summed E-state index contributed by atoms with van der Waals surface area (Å²) >= 11 is 1.17. The summed E-state index contributed by atoms with van der Waals surface area (Å²) in [5.41, 5.74) is 1.38. The first-order chi connectivity index (χ1) is 14.5. The number of Topliss-reactive ketones (excluding diaryl/α,β-unsaturated/α-hetero) is 1. The second-order valence-electron chi connectivity index (χ2n) is 7.46. The van der Waals surface area contributed by atoms with E-state index in [-0.39, 0.29) is 22.6 Å². The lowest BCUT2D eigenvalue weighted by atomic mass is 10.0. The number of rotatable bonds is 10. The lowest BCUT2D eigenvalue weighted by molar-refractivity contribution is -0.117. The molecule has 1 fully saturated rings. The highest BCUT2D eigenvalue weighted by Gasteiger charge is 2.39. The molecule has 1 N–H and O–H groups in total. The van der Waals surface area contributed by atoms with Crippen LogP contribution < -0.4 is 4.90 Å². The van der Waals surface area contributed by atoms with Gasteiger partial charge in [-0.05, 0) is 49.2 Å². The fourth-order valence-corrected chi connectivity index (χ4v) is 4.88. The zero-order chi connectivity index (χ0) is 21.7. The molecule has 0 spiro atoms. The van der Waals surface area contributed by atoms with E-state index in [9.17, 15) is 19.5 Å². The van der Waals surface area contributed by atoms with Crippen LogP contribution in [0.1, 0.15) is 76.5 Å². The Morgan fingerprint density at radius 3 is 2.53 bits per heavy atom. The van der Waals surface area contributed by atoms with Crippen LogP contribution in [0.3, 0.4) is 0 Å². The summed E-state index contributed by atoms with van der Waals surface area (Å²) in [7, 11) is 1.57. The van der Waals surface area contributed by atoms with Gasteiger partial charge in [-0.1, -0.05) is 19.8 Å². The van der Waals surface area contributed by atoms with Crippen LogP contribution in [0.2, 0.25) is 0 Å². The van der Waals surface area contributed by atoms with E-state index in [0.29, 0.717) is 24.8 Å². The normalized spacial score (nSPS) is 17.3. The molecular formula is C23H27NO5S. The lowest BCUT2D eigenvalue weighted by Gasteiger charge is -2.30. The van der Waals surface area contributed by atoms with E-state index in [2.05, 4.69) is 6.92 Å². The Labute approximate surface area is 180 Å². The summed E-state index contributed by atoms with van der Waals surface area (Å²) in [5.74, 6) is -0.854. The first kappa shape index (κ1) is 22.2. The maximum Gasteiger partial charge on any atom is 0.345 e. The number of carbonyl (C=O) groups excluding carboxylic acids is 2. The number of carbonyl (C=O) groups is 3. The summed E-state index contributed by atoms with van der Waals surface area (Å²) in [5, 5.41) is 9.21. The van der Waals surface area contributed by atoms with Gasteiger partial charge in [0.2, 0.25) is 5.91 Å². The third-order valence-electron chi connectivity index (χ3n) is 5.45. The highest BCUT2D eigenvalue weighted by molar-refractivity contribution is 7.14. The van der Waals surface area contributed by atoms with E-state index in [1.807, 2.05) is 12.1 Å². The first-order valence-corrected chi connectivity index (χ1v) is 11.1. The van der Waals surface area contributed by atoms with Crippen molar-refractivity contribution in [1.29, 1.82) is 0 Å². The number of hydrogen-bond donors (Lipinski definition) is 1. The number of carboxylic acids is 1. The molecule has 0 bridgehead atoms. The first-order valence-electron chi connectivity index (χ1n) is 10.3. The average Bonchev–Trinajstić information content (AvgIpc) is 3.37. The minimum absolute atomic E-state index is 0.000846. The Kier molecular flexibility index (Phi) is 7.39. The third-order valence-corrected chi connectivity index (χ3v) is 6.59. The SMILES string of the molecule is CCCCCC(=O)c1ccc(N2C(=O)CC[C@H]2C(OC)c2ccc(C(=O)O)s2)cc1. The van der Waals surface area contributed by atoms with Crippen molar-refractivity contribution in [3.63, 3.8) is 0 Å². The molecule has 1 saturated heterocycles. The van der Waals surface area contributed by atoms with Gasteiger partial charge >= 0.3 is 5.97 Å². The predicted octanol–water partition coefficient (Wildman–Crippen LogP) is 5.09. The number of hydrogen-bond acceptors (Lipinski definition) is 5. The van der Waals surface area contributed by atoms with E-state index in [0.717, 1.165) is 29.8 Å². The number of carboxylic acid groups (broad SMARTS) is 1. The number of nitrogens with zero attached hydrogens (tertiary/aromatic N) is 1. The van der Waals surface area contributed by atoms with Crippen LogP contribution in [-0.2, 0) is 9.53 Å². The standard InChI is InChI=1S/C23H27NO5S/c1-3-4-5-6-18(25)15-7-9-16(10-8-15)24-17(11-14-21(24)26)22(29-2)19-12-13-20(30-19)23(27)28/h7-10,12-13,17,22H,3-6,11,14H2,1-2H3,(H,27,28)/t17-,22?/m0/s1. The molecule has 30 heavy (non-hydrogen) atoms. The highest BCUT2D eigenvalue weighted by Crippen LogP contribution is 2.38. The zero-order valence-corrected chi connectivity index (χ0v) is 18.1. The van der Waals surface area contributed by atoms with Gasteiger partial charge < -0.3 is 14.7 Å². The molecule has 0 aliphatic carbocycles. The number of anilines is 1. The van der Waals surface area contributed by atoms with Gasteiger partial charge in [0.15, 0.2) is 5.78 Å². The van der Waals surface area contributed by atoms with Crippen molar-refractivity contribution in [2.75, 3.05) is 12.0 Å². The van der Waals surface area contributed by atoms with Crippen LogP contribution in [0.5, 0.6) is 0 Å². The second-order valence-corrected chi connectivity index (χ2v) is 8.58. The quantitative estimate of drug-likeness (QED) is 0.420. The number of ketones is 1. The molecule has 160 valence electrons. The smallest absolute Gasteiger partial charge is 0.345 e. The number of amides is 1. The highest BCUT2D eigenvalue weighted by atomic mass is 32.1. The van der Waals surface area contributed by atoms with Crippen molar-refractivity contribution in [1.82, 2.24) is 0 Å². The topological polar surface area (TPSA) is 83.9 Å². The van der Waals surface area contributed by atoms with Gasteiger partial charge in [0.1, 0.15) is 11.0 Å². The number of thiophene rings is 1. The van der Waals surface area contributed by atoms with Crippen molar-refractivity contribution >= 4 is 34.7 Å². The van der Waals surface area contributed by atoms with E-state index in [4.69, 9.17) is 4.74 Å². The number of benzene rings is 1. The number of methoxy groups -OCH3 is 1. The van der Waals surface area contributed by atoms with Gasteiger partial charge in [0.25, 0.3) is 0 Å². The van der Waals surface area contributed by atoms with Crippen molar-refractivity contribution < 1.29 is 24.2 Å². The molecule has 1 unspecified atom stereocenters. The summed E-state index contributed by atoms with van der Waals surface area (Å²) < 4.78 is 5.70. The molecule has 2 aromatic rings. The molecule has 6 nitrogen and oxygen atoms in total. The molecule has 7 heteroatoms. The minimum atomic E-state index is -0.973. The molecule has 1 aliphatic heterocycles. The van der Waals surface area contributed by atoms with Gasteiger partial charge in [0.05, 0.1) is 6.04 Å². The number of unbranched alkanes of at least 4 members (excludes halogenated alkanes) is 2. The fourth-order valence-electron chi connectivity index (χ4n) is 3.90. The molecule has 3 rings (SSSR count). The van der Waals surface area contributed by atoms with Crippen molar-refractivity contribution in [2.24, 2.45) is 0 Å². The maximum atomic E-state index is 12.7. The van der Waals surface area contributed by atoms with Crippen LogP contribution in [0.15, 0.2) is 36.4 Å². The van der Waals surface area contributed by atoms with Gasteiger partial charge in [-0.25, -0.2) is 4.79 Å². The Morgan fingerprint density at radius 2 is 1.93 bits per heavy atom. The van der Waals surface area contributed by atoms with Crippen molar-refractivity contribution in [2.45, 2.75) is 57.6 Å². The Hall–Kier alpha value is -2.51. The molecular weight excluding hydrogens is 402 g/mol. The van der Waals surface area contributed by atoms with Gasteiger partial charge in [0, 0.05) is 36.1 Å². The zero-order valence-electron chi connectivity index (χ0n) is 17.3. The van der Waals surface area contributed by atoms with E-state index < -0.39 is 12.1 Å². The number of ether oxygens (including phenoxy) is 1. The van der Waals surface area contributed by atoms with Crippen LogP contribution in [-0.4, -0.2) is 35.9 Å². The predicted molar refractivity (Wildman–Crippen MR) is 116 cm³/mol. The van der Waals surface area contributed by atoms with Crippen molar-refractivity contribution in [3.8, 4) is 0 Å². The van der Waals surface area contributed by atoms with E-state index in [1.54, 1.807) is 36.3 Å². The minimum Gasteiger partial charge on any atom is -0.477 e. The monoisotopic (exact) mass is 429 g/mol. The lowest BCUT2D eigenvalue weighted by Crippen LogP contribution is -2.37. The Balaban J connectivity index is 1.79. The Bertz CT molecular complexity index is 905. The molecule has 1 amide bonds. The van der Waals surface area contributed by atoms with Crippen LogP contribution in [0.4, 0.5) is 5.69 Å². The summed E-state index contributed by atoms with van der Waals surface area (Å²) in [6.07, 6.45) is 4.15. The van der Waals surface area contributed by atoms with Crippen LogP contribution in [0.25, 0.3) is 0 Å². The second kappa shape index (κ2) is 10.00. The summed E-state index contributed by atoms with van der Waals surface area (Å²) in [6.45, 7) is 2.11. The molecule has 1 aromatic heterocycles. The summed E-state index contributed by atoms with van der Waals surface area (Å²) in [6, 6.07) is 10.3. The number of aromatic carboxylic acids is 1. The van der Waals surface area contributed by atoms with Gasteiger partial charge in [-0.15, -0.1) is 11.3 Å². The summed E-state index contributed by atoms with van der Waals surface area (Å²) in [4.78, 5) is 39.0.